The first-order valence-corrected chi connectivity index (χ1v) is 18.4. The highest BCUT2D eigenvalue weighted by Gasteiger charge is 2.25. The lowest BCUT2D eigenvalue weighted by Crippen LogP contribution is -2.10. The van der Waals surface area contributed by atoms with E-state index < -0.39 is 28.7 Å². The van der Waals surface area contributed by atoms with Crippen molar-refractivity contribution in [2.24, 2.45) is 0 Å². The van der Waals surface area contributed by atoms with Gasteiger partial charge in [-0.3, -0.25) is 0 Å². The lowest BCUT2D eigenvalue weighted by molar-refractivity contribution is 0.330. The maximum absolute atomic E-state index is 10.5. The lowest BCUT2D eigenvalue weighted by Gasteiger charge is -2.27. The van der Waals surface area contributed by atoms with Gasteiger partial charge in [-0.25, -0.2) is 0 Å². The van der Waals surface area contributed by atoms with Crippen molar-refractivity contribution in [1.82, 2.24) is 0 Å². The summed E-state index contributed by atoms with van der Waals surface area (Å²) in [7, 11) is 0. The number of furan rings is 2. The molecule has 2 heterocycles. The van der Waals surface area contributed by atoms with E-state index in [1.807, 2.05) is 72.8 Å². The van der Waals surface area contributed by atoms with E-state index in [0.29, 0.717) is 5.56 Å². The number of aromatic hydroxyl groups is 5. The van der Waals surface area contributed by atoms with Crippen molar-refractivity contribution in [3.8, 4) is 62.1 Å². The van der Waals surface area contributed by atoms with Gasteiger partial charge >= 0.3 is 0 Å². The molecule has 2 aromatic heterocycles. The average molecular weight is 748 g/mol. The fraction of sp³-hybridized carbons (Fsp3) is 0.0204. The van der Waals surface area contributed by atoms with Gasteiger partial charge in [-0.15, -0.1) is 0 Å². The number of rotatable bonds is 6. The minimum Gasteiger partial charge on any atom is -0.504 e. The fourth-order valence-electron chi connectivity index (χ4n) is 7.93. The van der Waals surface area contributed by atoms with Crippen LogP contribution in [-0.4, -0.2) is 25.5 Å². The van der Waals surface area contributed by atoms with Gasteiger partial charge in [0.15, 0.2) is 11.5 Å². The molecule has 1 aliphatic carbocycles. The summed E-state index contributed by atoms with van der Waals surface area (Å²) >= 11 is 0. The molecule has 8 heteroatoms. The number of benzene rings is 7. The van der Waals surface area contributed by atoms with Gasteiger partial charge in [-0.2, -0.15) is 0 Å². The van der Waals surface area contributed by atoms with Gasteiger partial charge in [-0.05, 0) is 77.2 Å². The molecule has 0 amide bonds. The van der Waals surface area contributed by atoms with E-state index in [1.165, 1.54) is 0 Å². The van der Waals surface area contributed by atoms with Crippen LogP contribution in [0.4, 0.5) is 17.1 Å². The van der Waals surface area contributed by atoms with Gasteiger partial charge in [0, 0.05) is 38.7 Å². The number of hydrogen-bond acceptors (Lipinski definition) is 8. The second-order valence-electron chi connectivity index (χ2n) is 14.0. The summed E-state index contributed by atoms with van der Waals surface area (Å²) in [4.78, 5) is 2.24. The minimum absolute atomic E-state index is 0.196. The summed E-state index contributed by atoms with van der Waals surface area (Å²) in [6.45, 7) is 0. The van der Waals surface area contributed by atoms with Crippen LogP contribution >= 0.6 is 0 Å². The molecule has 0 spiro atoms. The van der Waals surface area contributed by atoms with E-state index in [2.05, 4.69) is 77.7 Å². The maximum atomic E-state index is 10.5. The molecule has 0 aliphatic heterocycles. The van der Waals surface area contributed by atoms with Gasteiger partial charge in [0.1, 0.15) is 22.5 Å². The van der Waals surface area contributed by atoms with Gasteiger partial charge in [0.2, 0.25) is 17.2 Å². The van der Waals surface area contributed by atoms with E-state index >= 15 is 0 Å². The van der Waals surface area contributed by atoms with Crippen molar-refractivity contribution >= 4 is 56.0 Å². The molecule has 0 atom stereocenters. The Bertz CT molecular complexity index is 3050. The Morgan fingerprint density at radius 1 is 0.474 bits per heavy atom. The van der Waals surface area contributed by atoms with Crippen LogP contribution in [0.2, 0.25) is 0 Å². The molecule has 10 rings (SSSR count). The van der Waals surface area contributed by atoms with Crippen molar-refractivity contribution in [2.45, 2.75) is 6.42 Å². The number of fused-ring (bicyclic) bond motifs is 6. The third-order valence-corrected chi connectivity index (χ3v) is 10.7. The van der Waals surface area contributed by atoms with Gasteiger partial charge < -0.3 is 39.3 Å². The molecule has 276 valence electrons. The standard InChI is InChI=1S/C49H33NO7/c51-44-42(45(52)47(54)48(55)46(44)53)31-18-16-28(17-19-31)29-20-24-32(25-21-29)50(38-12-7-15-41-43(38)37-9-2-1-3-13-40(37)56-41)33-26-22-30(23-27-33)34-10-6-11-36-35-8-4-5-14-39(35)57-49(34)36/h1-8,10-27,51-55H,9H2. The normalized spacial score (nSPS) is 12.4. The second kappa shape index (κ2) is 13.2. The molecule has 9 aromatic rings. The van der Waals surface area contributed by atoms with Crippen molar-refractivity contribution in [2.75, 3.05) is 4.90 Å². The summed E-state index contributed by atoms with van der Waals surface area (Å²) in [6.07, 6.45) is 8.92. The second-order valence-corrected chi connectivity index (χ2v) is 14.0. The predicted octanol–water partition coefficient (Wildman–Crippen LogP) is 12.5. The lowest BCUT2D eigenvalue weighted by atomic mass is 9.97. The van der Waals surface area contributed by atoms with Crippen molar-refractivity contribution in [3.63, 3.8) is 0 Å². The Hall–Kier alpha value is -7.84. The number of nitrogens with zero attached hydrogens (tertiary/aromatic N) is 1. The van der Waals surface area contributed by atoms with E-state index in [0.717, 1.165) is 90.0 Å². The van der Waals surface area contributed by atoms with Crippen LogP contribution in [0.3, 0.4) is 0 Å². The highest BCUT2D eigenvalue weighted by atomic mass is 16.4. The molecule has 0 saturated heterocycles. The van der Waals surface area contributed by atoms with Crippen LogP contribution in [0.25, 0.3) is 72.4 Å². The Balaban J connectivity index is 1.06. The number of para-hydroxylation sites is 2. The van der Waals surface area contributed by atoms with Gasteiger partial charge in [0.05, 0.1) is 11.3 Å². The Labute approximate surface area is 326 Å². The number of anilines is 3. The third-order valence-electron chi connectivity index (χ3n) is 10.7. The monoisotopic (exact) mass is 747 g/mol. The van der Waals surface area contributed by atoms with Crippen LogP contribution in [0.15, 0.2) is 161 Å². The summed E-state index contributed by atoms with van der Waals surface area (Å²) in [6, 6.07) is 44.1. The van der Waals surface area contributed by atoms with Crippen LogP contribution in [0.1, 0.15) is 11.3 Å². The van der Waals surface area contributed by atoms with Crippen LogP contribution in [0, 0.1) is 0 Å². The Morgan fingerprint density at radius 3 is 1.77 bits per heavy atom. The van der Waals surface area contributed by atoms with Crippen LogP contribution in [-0.2, 0) is 6.42 Å². The summed E-state index contributed by atoms with van der Waals surface area (Å²) < 4.78 is 12.8. The molecule has 0 unspecified atom stereocenters. The molecule has 7 aromatic carbocycles. The molecule has 8 nitrogen and oxygen atoms in total. The Morgan fingerprint density at radius 2 is 1.05 bits per heavy atom. The van der Waals surface area contributed by atoms with Crippen LogP contribution < -0.4 is 4.90 Å². The van der Waals surface area contributed by atoms with Crippen molar-refractivity contribution < 1.29 is 34.4 Å². The molecule has 57 heavy (non-hydrogen) atoms. The average Bonchev–Trinajstić information content (AvgIpc) is 3.72. The van der Waals surface area contributed by atoms with E-state index in [9.17, 15) is 25.5 Å². The summed E-state index contributed by atoms with van der Waals surface area (Å²) in [5.41, 5.74) is 10.4. The minimum atomic E-state index is -0.996. The quantitative estimate of drug-likeness (QED) is 0.0839. The van der Waals surface area contributed by atoms with Crippen molar-refractivity contribution in [1.29, 1.82) is 0 Å². The zero-order valence-electron chi connectivity index (χ0n) is 30.2. The highest BCUT2D eigenvalue weighted by molar-refractivity contribution is 6.09. The first-order valence-electron chi connectivity index (χ1n) is 18.4. The molecule has 0 radical (unpaired) electrons. The first kappa shape index (κ1) is 33.7. The largest absolute Gasteiger partial charge is 0.504 e. The molecule has 5 N–H and O–H groups in total. The Kier molecular flexibility index (Phi) is 7.79. The number of allylic oxidation sites excluding steroid dienone is 3. The molecule has 0 bridgehead atoms. The number of phenols is 5. The highest BCUT2D eigenvalue weighted by Crippen LogP contribution is 2.55. The predicted molar refractivity (Wildman–Crippen MR) is 225 cm³/mol. The third kappa shape index (κ3) is 5.45. The zero-order chi connectivity index (χ0) is 38.8. The van der Waals surface area contributed by atoms with Crippen LogP contribution in [0.5, 0.6) is 28.7 Å². The fourth-order valence-corrected chi connectivity index (χ4v) is 7.93. The summed E-state index contributed by atoms with van der Waals surface area (Å²) in [5.74, 6) is -3.47. The van der Waals surface area contributed by atoms with E-state index in [-0.39, 0.29) is 5.56 Å². The molecule has 0 saturated carbocycles. The van der Waals surface area contributed by atoms with Gasteiger partial charge in [0.25, 0.3) is 0 Å². The maximum Gasteiger partial charge on any atom is 0.208 e. The smallest absolute Gasteiger partial charge is 0.208 e. The zero-order valence-corrected chi connectivity index (χ0v) is 30.2. The molecular formula is C49H33NO7. The van der Waals surface area contributed by atoms with E-state index in [4.69, 9.17) is 8.83 Å². The molecule has 1 aliphatic rings. The number of hydrogen-bond donors (Lipinski definition) is 5. The summed E-state index contributed by atoms with van der Waals surface area (Å²) in [5, 5.41) is 54.1. The van der Waals surface area contributed by atoms with Crippen molar-refractivity contribution in [3.05, 3.63) is 163 Å². The van der Waals surface area contributed by atoms with Gasteiger partial charge in [-0.1, -0.05) is 109 Å². The first-order chi connectivity index (χ1) is 27.9. The van der Waals surface area contributed by atoms with E-state index in [1.54, 1.807) is 12.1 Å². The topological polar surface area (TPSA) is 131 Å². The molecular weight excluding hydrogens is 715 g/mol. The number of phenolic OH excluding ortho intramolecular Hbond substituents is 5. The molecule has 0 fully saturated rings. The SMILES string of the molecule is Oc1c(O)c(O)c(-c2ccc(-c3ccc(N(c4ccc(-c5cccc6c5oc5ccccc56)cc4)c4cccc5oc6c(c45)CC=CC=C6)cc3)cc2)c(O)c1O.